The SMILES string of the molecule is COC(=O)c1ccc2nc(N3CCCCC3)sc2c1. The highest BCUT2D eigenvalue weighted by molar-refractivity contribution is 7.22. The Bertz CT molecular complexity index is 603. The van der Waals surface area contributed by atoms with Gasteiger partial charge in [0.2, 0.25) is 0 Å². The van der Waals surface area contributed by atoms with Gasteiger partial charge in [-0.15, -0.1) is 0 Å². The molecule has 0 aliphatic carbocycles. The predicted octanol–water partition coefficient (Wildman–Crippen LogP) is 3.07. The number of carbonyl (C=O) groups is 1. The molecule has 0 N–H and O–H groups in total. The Morgan fingerprint density at radius 2 is 2.11 bits per heavy atom. The number of methoxy groups -OCH3 is 1. The smallest absolute Gasteiger partial charge is 0.337 e. The molecule has 1 fully saturated rings. The third-order valence-corrected chi connectivity index (χ3v) is 4.50. The Balaban J connectivity index is 1.93. The molecule has 19 heavy (non-hydrogen) atoms. The van der Waals surface area contributed by atoms with Gasteiger partial charge in [-0.1, -0.05) is 11.3 Å². The molecule has 3 rings (SSSR count). The predicted molar refractivity (Wildman–Crippen MR) is 77.0 cm³/mol. The van der Waals surface area contributed by atoms with Crippen molar-refractivity contribution >= 4 is 32.7 Å². The van der Waals surface area contributed by atoms with Crippen LogP contribution in [0.2, 0.25) is 0 Å². The second-order valence-electron chi connectivity index (χ2n) is 4.72. The van der Waals surface area contributed by atoms with Crippen LogP contribution in [-0.4, -0.2) is 31.2 Å². The minimum absolute atomic E-state index is 0.296. The Hall–Kier alpha value is -1.62. The summed E-state index contributed by atoms with van der Waals surface area (Å²) >= 11 is 1.65. The number of nitrogens with zero attached hydrogens (tertiary/aromatic N) is 2. The van der Waals surface area contributed by atoms with E-state index < -0.39 is 0 Å². The fourth-order valence-corrected chi connectivity index (χ4v) is 3.43. The van der Waals surface area contributed by atoms with Gasteiger partial charge < -0.3 is 9.64 Å². The Morgan fingerprint density at radius 1 is 1.32 bits per heavy atom. The van der Waals surface area contributed by atoms with Crippen LogP contribution in [0.15, 0.2) is 18.2 Å². The van der Waals surface area contributed by atoms with Crippen molar-refractivity contribution in [1.29, 1.82) is 0 Å². The lowest BCUT2D eigenvalue weighted by Crippen LogP contribution is -2.29. The lowest BCUT2D eigenvalue weighted by atomic mass is 10.1. The first-order valence-corrected chi connectivity index (χ1v) is 7.33. The summed E-state index contributed by atoms with van der Waals surface area (Å²) in [7, 11) is 1.40. The van der Waals surface area contributed by atoms with Gasteiger partial charge in [0.25, 0.3) is 0 Å². The summed E-state index contributed by atoms with van der Waals surface area (Å²) < 4.78 is 5.79. The molecule has 0 spiro atoms. The zero-order valence-corrected chi connectivity index (χ0v) is 11.7. The second kappa shape index (κ2) is 5.17. The Kier molecular flexibility index (Phi) is 3.38. The highest BCUT2D eigenvalue weighted by atomic mass is 32.1. The molecule has 100 valence electrons. The molecule has 1 aromatic carbocycles. The van der Waals surface area contributed by atoms with Crippen molar-refractivity contribution in [3.8, 4) is 0 Å². The lowest BCUT2D eigenvalue weighted by molar-refractivity contribution is 0.0601. The number of hydrogen-bond donors (Lipinski definition) is 0. The van der Waals surface area contributed by atoms with Gasteiger partial charge in [0.1, 0.15) is 0 Å². The molecule has 0 unspecified atom stereocenters. The van der Waals surface area contributed by atoms with E-state index in [9.17, 15) is 4.79 Å². The zero-order chi connectivity index (χ0) is 13.2. The normalized spacial score (nSPS) is 15.7. The number of hydrogen-bond acceptors (Lipinski definition) is 5. The van der Waals surface area contributed by atoms with Crippen molar-refractivity contribution in [3.63, 3.8) is 0 Å². The van der Waals surface area contributed by atoms with Crippen LogP contribution < -0.4 is 4.90 Å². The van der Waals surface area contributed by atoms with Crippen molar-refractivity contribution in [2.24, 2.45) is 0 Å². The van der Waals surface area contributed by atoms with Crippen molar-refractivity contribution in [2.75, 3.05) is 25.1 Å². The molecule has 1 aromatic heterocycles. The van der Waals surface area contributed by atoms with E-state index in [0.29, 0.717) is 5.56 Å². The third-order valence-electron chi connectivity index (χ3n) is 3.42. The van der Waals surface area contributed by atoms with E-state index >= 15 is 0 Å². The summed E-state index contributed by atoms with van der Waals surface area (Å²) in [5, 5.41) is 1.07. The van der Waals surface area contributed by atoms with E-state index in [1.165, 1.54) is 26.4 Å². The standard InChI is InChI=1S/C14H16N2O2S/c1-18-13(17)10-5-6-11-12(9-10)19-14(15-11)16-7-3-2-4-8-16/h5-6,9H,2-4,7-8H2,1H3. The van der Waals surface area contributed by atoms with Crippen molar-refractivity contribution in [1.82, 2.24) is 4.98 Å². The maximum Gasteiger partial charge on any atom is 0.337 e. The molecular weight excluding hydrogens is 260 g/mol. The maximum atomic E-state index is 11.5. The number of benzene rings is 1. The fraction of sp³-hybridized carbons (Fsp3) is 0.429. The number of anilines is 1. The van der Waals surface area contributed by atoms with Crippen LogP contribution in [0.4, 0.5) is 5.13 Å². The number of fused-ring (bicyclic) bond motifs is 1. The van der Waals surface area contributed by atoms with Crippen LogP contribution >= 0.6 is 11.3 Å². The number of thiazole rings is 1. The third kappa shape index (κ3) is 2.42. The molecule has 4 nitrogen and oxygen atoms in total. The van der Waals surface area contributed by atoms with Crippen LogP contribution in [0, 0.1) is 0 Å². The first kappa shape index (κ1) is 12.4. The molecule has 1 saturated heterocycles. The monoisotopic (exact) mass is 276 g/mol. The van der Waals surface area contributed by atoms with Crippen LogP contribution in [-0.2, 0) is 4.74 Å². The van der Waals surface area contributed by atoms with Crippen molar-refractivity contribution < 1.29 is 9.53 Å². The number of aromatic nitrogens is 1. The van der Waals surface area contributed by atoms with E-state index in [4.69, 9.17) is 4.74 Å². The highest BCUT2D eigenvalue weighted by Gasteiger charge is 2.16. The van der Waals surface area contributed by atoms with E-state index in [2.05, 4.69) is 9.88 Å². The summed E-state index contributed by atoms with van der Waals surface area (Å²) in [5.41, 5.74) is 1.54. The van der Waals surface area contributed by atoms with Gasteiger partial charge in [-0.3, -0.25) is 0 Å². The number of piperidine rings is 1. The van der Waals surface area contributed by atoms with E-state index in [0.717, 1.165) is 28.4 Å². The Morgan fingerprint density at radius 3 is 2.84 bits per heavy atom. The number of rotatable bonds is 2. The zero-order valence-electron chi connectivity index (χ0n) is 10.9. The molecule has 5 heteroatoms. The molecule has 1 aliphatic heterocycles. The molecule has 2 heterocycles. The van der Waals surface area contributed by atoms with Gasteiger partial charge in [0, 0.05) is 13.1 Å². The van der Waals surface area contributed by atoms with Gasteiger partial charge >= 0.3 is 5.97 Å². The van der Waals surface area contributed by atoms with Crippen LogP contribution in [0.1, 0.15) is 29.6 Å². The summed E-state index contributed by atoms with van der Waals surface area (Å²) in [6.07, 6.45) is 3.79. The fourth-order valence-electron chi connectivity index (χ4n) is 2.38. The number of esters is 1. The minimum atomic E-state index is -0.296. The van der Waals surface area contributed by atoms with Gasteiger partial charge in [0.05, 0.1) is 22.9 Å². The molecule has 0 radical (unpaired) electrons. The summed E-state index contributed by atoms with van der Waals surface area (Å²) in [6.45, 7) is 2.17. The summed E-state index contributed by atoms with van der Waals surface area (Å²) in [4.78, 5) is 18.5. The molecule has 0 amide bonds. The van der Waals surface area contributed by atoms with Gasteiger partial charge in [-0.2, -0.15) is 0 Å². The van der Waals surface area contributed by atoms with E-state index in [1.807, 2.05) is 12.1 Å². The molecule has 1 aliphatic rings. The number of carbonyl (C=O) groups excluding carboxylic acids is 1. The second-order valence-corrected chi connectivity index (χ2v) is 5.73. The molecule has 2 aromatic rings. The lowest BCUT2D eigenvalue weighted by Gasteiger charge is -2.25. The van der Waals surface area contributed by atoms with Crippen molar-refractivity contribution in [3.05, 3.63) is 23.8 Å². The van der Waals surface area contributed by atoms with Gasteiger partial charge in [0.15, 0.2) is 5.13 Å². The van der Waals surface area contributed by atoms with Crippen LogP contribution in [0.3, 0.4) is 0 Å². The molecular formula is C14H16N2O2S. The summed E-state index contributed by atoms with van der Waals surface area (Å²) in [5.74, 6) is -0.296. The van der Waals surface area contributed by atoms with E-state index in [-0.39, 0.29) is 5.97 Å². The average Bonchev–Trinajstić information content (AvgIpc) is 2.90. The first-order valence-electron chi connectivity index (χ1n) is 6.52. The van der Waals surface area contributed by atoms with Crippen molar-refractivity contribution in [2.45, 2.75) is 19.3 Å². The van der Waals surface area contributed by atoms with Crippen LogP contribution in [0.5, 0.6) is 0 Å². The van der Waals surface area contributed by atoms with E-state index in [1.54, 1.807) is 17.4 Å². The molecule has 0 saturated carbocycles. The molecule has 0 atom stereocenters. The highest BCUT2D eigenvalue weighted by Crippen LogP contribution is 2.31. The largest absolute Gasteiger partial charge is 0.465 e. The number of ether oxygens (including phenoxy) is 1. The van der Waals surface area contributed by atoms with Gasteiger partial charge in [-0.05, 0) is 37.5 Å². The van der Waals surface area contributed by atoms with Crippen LogP contribution in [0.25, 0.3) is 10.2 Å². The maximum absolute atomic E-state index is 11.5. The quantitative estimate of drug-likeness (QED) is 0.791. The van der Waals surface area contributed by atoms with Gasteiger partial charge in [-0.25, -0.2) is 9.78 Å². The minimum Gasteiger partial charge on any atom is -0.465 e. The first-order chi connectivity index (χ1) is 9.28. The average molecular weight is 276 g/mol. The Labute approximate surface area is 116 Å². The topological polar surface area (TPSA) is 42.4 Å². The summed E-state index contributed by atoms with van der Waals surface area (Å²) in [6, 6.07) is 5.53. The molecule has 0 bridgehead atoms.